The van der Waals surface area contributed by atoms with Crippen molar-refractivity contribution < 1.29 is 9.90 Å². The Hall–Kier alpha value is -1.15. The van der Waals surface area contributed by atoms with E-state index in [1.165, 1.54) is 43.3 Å². The van der Waals surface area contributed by atoms with E-state index < -0.39 is 0 Å². The SMILES string of the molecule is C=CCCCCCCCCC=O.CC(C)=CCC/C(C)=C/CO. The fraction of sp³-hybridized carbons (Fsp3) is 0.667. The standard InChI is InChI=1S/C11H20O.C10H18O/c1-2-3-4-5-6-7-8-9-10-11-12;1-9(2)5-4-6-10(3)7-8-11/h2,11H,1,3-10H2;5,7,11H,4,6,8H2,1-3H3/b;10-7+. The first-order valence-corrected chi connectivity index (χ1v) is 9.02. The molecule has 0 aliphatic heterocycles. The molecule has 1 N–H and O–H groups in total. The van der Waals surface area contributed by atoms with Gasteiger partial charge in [-0.2, -0.15) is 0 Å². The van der Waals surface area contributed by atoms with Gasteiger partial charge in [0.05, 0.1) is 6.61 Å². The van der Waals surface area contributed by atoms with Crippen molar-refractivity contribution >= 4 is 6.29 Å². The summed E-state index contributed by atoms with van der Waals surface area (Å²) in [6, 6.07) is 0. The molecular formula is C21H38O2. The largest absolute Gasteiger partial charge is 0.392 e. The van der Waals surface area contributed by atoms with E-state index in [-0.39, 0.29) is 6.61 Å². The third-order valence-corrected chi connectivity index (χ3v) is 3.51. The van der Waals surface area contributed by atoms with Gasteiger partial charge in [0.2, 0.25) is 0 Å². The summed E-state index contributed by atoms with van der Waals surface area (Å²) in [5.41, 5.74) is 2.63. The van der Waals surface area contributed by atoms with Gasteiger partial charge in [-0.05, 0) is 52.9 Å². The second kappa shape index (κ2) is 20.9. The Morgan fingerprint density at radius 2 is 1.43 bits per heavy atom. The minimum Gasteiger partial charge on any atom is -0.392 e. The number of carbonyl (C=O) groups is 1. The highest BCUT2D eigenvalue weighted by atomic mass is 16.2. The van der Waals surface area contributed by atoms with Gasteiger partial charge in [-0.1, -0.05) is 55.1 Å². The molecule has 0 aromatic heterocycles. The summed E-state index contributed by atoms with van der Waals surface area (Å²) in [5.74, 6) is 0. The van der Waals surface area contributed by atoms with Crippen LogP contribution in [0.4, 0.5) is 0 Å². The second-order valence-corrected chi connectivity index (χ2v) is 6.21. The van der Waals surface area contributed by atoms with E-state index in [9.17, 15) is 4.79 Å². The molecule has 2 nitrogen and oxygen atoms in total. The molecule has 0 aliphatic rings. The highest BCUT2D eigenvalue weighted by Crippen LogP contribution is 2.08. The summed E-state index contributed by atoms with van der Waals surface area (Å²) in [7, 11) is 0. The molecule has 0 atom stereocenters. The molecule has 0 aliphatic carbocycles. The molecule has 0 aromatic carbocycles. The maximum Gasteiger partial charge on any atom is 0.119 e. The number of unbranched alkanes of at least 4 members (excludes halogenated alkanes) is 7. The lowest BCUT2D eigenvalue weighted by Gasteiger charge is -1.97. The van der Waals surface area contributed by atoms with E-state index in [1.54, 1.807) is 0 Å². The average Bonchev–Trinajstić information content (AvgIpc) is 2.50. The molecule has 0 aromatic rings. The normalized spacial score (nSPS) is 10.5. The molecule has 2 heteroatoms. The summed E-state index contributed by atoms with van der Waals surface area (Å²) in [6.07, 6.45) is 18.6. The molecule has 0 unspecified atom stereocenters. The predicted molar refractivity (Wildman–Crippen MR) is 103 cm³/mol. The van der Waals surface area contributed by atoms with Crippen LogP contribution in [-0.4, -0.2) is 18.0 Å². The zero-order valence-electron chi connectivity index (χ0n) is 15.7. The van der Waals surface area contributed by atoms with Gasteiger partial charge in [-0.25, -0.2) is 0 Å². The lowest BCUT2D eigenvalue weighted by molar-refractivity contribution is -0.107. The lowest BCUT2D eigenvalue weighted by atomic mass is 10.1. The summed E-state index contributed by atoms with van der Waals surface area (Å²) in [4.78, 5) is 9.97. The van der Waals surface area contributed by atoms with Crippen LogP contribution in [0.5, 0.6) is 0 Å². The zero-order chi connectivity index (χ0) is 17.8. The molecule has 0 fully saturated rings. The van der Waals surface area contributed by atoms with Crippen LogP contribution in [0.2, 0.25) is 0 Å². The molecule has 0 heterocycles. The van der Waals surface area contributed by atoms with Crippen molar-refractivity contribution in [3.63, 3.8) is 0 Å². The predicted octanol–water partition coefficient (Wildman–Crippen LogP) is 6.16. The van der Waals surface area contributed by atoms with E-state index in [2.05, 4.69) is 33.4 Å². The summed E-state index contributed by atoms with van der Waals surface area (Å²) in [5, 5.41) is 8.55. The Morgan fingerprint density at radius 1 is 0.870 bits per heavy atom. The molecule has 0 rings (SSSR count). The Labute approximate surface area is 144 Å². The van der Waals surface area contributed by atoms with E-state index in [4.69, 9.17) is 5.11 Å². The van der Waals surface area contributed by atoms with Crippen molar-refractivity contribution in [1.29, 1.82) is 0 Å². The smallest absolute Gasteiger partial charge is 0.119 e. The highest BCUT2D eigenvalue weighted by molar-refractivity contribution is 5.48. The molecule has 0 spiro atoms. The summed E-state index contributed by atoms with van der Waals surface area (Å²) >= 11 is 0. The number of aldehydes is 1. The van der Waals surface area contributed by atoms with Crippen LogP contribution < -0.4 is 0 Å². The first-order valence-electron chi connectivity index (χ1n) is 9.02. The minimum atomic E-state index is 0.167. The van der Waals surface area contributed by atoms with E-state index in [0.717, 1.165) is 38.4 Å². The van der Waals surface area contributed by atoms with Gasteiger partial charge in [-0.15, -0.1) is 6.58 Å². The van der Waals surface area contributed by atoms with Crippen LogP contribution in [-0.2, 0) is 4.79 Å². The number of carbonyl (C=O) groups excluding carboxylic acids is 1. The monoisotopic (exact) mass is 322 g/mol. The number of rotatable bonds is 13. The average molecular weight is 323 g/mol. The van der Waals surface area contributed by atoms with Crippen molar-refractivity contribution in [3.05, 3.63) is 36.0 Å². The maximum atomic E-state index is 9.97. The molecule has 0 amide bonds. The Kier molecular flexibility index (Phi) is 21.9. The topological polar surface area (TPSA) is 37.3 Å². The molecule has 0 bridgehead atoms. The zero-order valence-corrected chi connectivity index (χ0v) is 15.7. The van der Waals surface area contributed by atoms with Crippen molar-refractivity contribution in [2.75, 3.05) is 6.61 Å². The Morgan fingerprint density at radius 3 is 1.91 bits per heavy atom. The molecule has 0 saturated carbocycles. The van der Waals surface area contributed by atoms with Crippen molar-refractivity contribution in [3.8, 4) is 0 Å². The number of hydrogen-bond acceptors (Lipinski definition) is 2. The van der Waals surface area contributed by atoms with E-state index in [1.807, 2.05) is 12.2 Å². The summed E-state index contributed by atoms with van der Waals surface area (Å²) < 4.78 is 0. The number of aliphatic hydroxyl groups excluding tert-OH is 1. The fourth-order valence-corrected chi connectivity index (χ4v) is 2.07. The van der Waals surface area contributed by atoms with E-state index >= 15 is 0 Å². The van der Waals surface area contributed by atoms with Gasteiger partial charge in [0.15, 0.2) is 0 Å². The minimum absolute atomic E-state index is 0.167. The van der Waals surface area contributed by atoms with Gasteiger partial charge in [0.1, 0.15) is 6.29 Å². The fourth-order valence-electron chi connectivity index (χ4n) is 2.07. The maximum absolute atomic E-state index is 9.97. The van der Waals surface area contributed by atoms with Gasteiger partial charge in [0, 0.05) is 6.42 Å². The molecule has 0 saturated heterocycles. The highest BCUT2D eigenvalue weighted by Gasteiger charge is 1.89. The first-order chi connectivity index (χ1) is 11.1. The Balaban J connectivity index is 0. The van der Waals surface area contributed by atoms with Crippen LogP contribution >= 0.6 is 0 Å². The van der Waals surface area contributed by atoms with Crippen LogP contribution in [0.15, 0.2) is 36.0 Å². The lowest BCUT2D eigenvalue weighted by Crippen LogP contribution is -1.80. The quantitative estimate of drug-likeness (QED) is 0.250. The van der Waals surface area contributed by atoms with Crippen LogP contribution in [0.1, 0.15) is 85.0 Å². The number of aliphatic hydroxyl groups is 1. The molecule has 134 valence electrons. The van der Waals surface area contributed by atoms with E-state index in [0.29, 0.717) is 0 Å². The van der Waals surface area contributed by atoms with Crippen molar-refractivity contribution in [1.82, 2.24) is 0 Å². The van der Waals surface area contributed by atoms with Gasteiger partial charge in [0.25, 0.3) is 0 Å². The molecular weight excluding hydrogens is 284 g/mol. The summed E-state index contributed by atoms with van der Waals surface area (Å²) in [6.45, 7) is 10.1. The van der Waals surface area contributed by atoms with Crippen LogP contribution in [0.25, 0.3) is 0 Å². The van der Waals surface area contributed by atoms with Gasteiger partial charge < -0.3 is 9.90 Å². The Bertz CT molecular complexity index is 309. The van der Waals surface area contributed by atoms with Crippen molar-refractivity contribution in [2.24, 2.45) is 0 Å². The first kappa shape index (κ1) is 24.1. The van der Waals surface area contributed by atoms with Gasteiger partial charge >= 0.3 is 0 Å². The van der Waals surface area contributed by atoms with Crippen LogP contribution in [0.3, 0.4) is 0 Å². The second-order valence-electron chi connectivity index (χ2n) is 6.21. The third-order valence-electron chi connectivity index (χ3n) is 3.51. The van der Waals surface area contributed by atoms with Crippen molar-refractivity contribution in [2.45, 2.75) is 85.0 Å². The van der Waals surface area contributed by atoms with Gasteiger partial charge in [-0.3, -0.25) is 0 Å². The molecule has 23 heavy (non-hydrogen) atoms. The number of hydrogen-bond donors (Lipinski definition) is 1. The molecule has 0 radical (unpaired) electrons. The van der Waals surface area contributed by atoms with Crippen LogP contribution in [0, 0.1) is 0 Å². The third kappa shape index (κ3) is 26.1. The number of allylic oxidation sites excluding steroid dienone is 4.